The monoisotopic (exact) mass is 283 g/mol. The number of aromatic nitrogens is 1. The first-order valence-electron chi connectivity index (χ1n) is 7.06. The normalized spacial score (nSPS) is 10.7. The average molecular weight is 283 g/mol. The second-order valence-electron chi connectivity index (χ2n) is 5.42. The van der Waals surface area contributed by atoms with Crippen molar-refractivity contribution in [2.45, 2.75) is 33.4 Å². The summed E-state index contributed by atoms with van der Waals surface area (Å²) in [5, 5.41) is 0. The van der Waals surface area contributed by atoms with Crippen LogP contribution in [0.15, 0.2) is 42.6 Å². The zero-order valence-electron chi connectivity index (χ0n) is 12.7. The van der Waals surface area contributed by atoms with E-state index < -0.39 is 0 Å². The minimum absolute atomic E-state index is 0.0256. The molecule has 0 saturated heterocycles. The number of aryl methyl sites for hydroxylation is 1. The minimum Gasteiger partial charge on any atom is -0.398 e. The molecule has 1 heterocycles. The third kappa shape index (κ3) is 3.60. The predicted molar refractivity (Wildman–Crippen MR) is 84.8 cm³/mol. The Labute approximate surface area is 125 Å². The maximum Gasteiger partial charge on any atom is 0.254 e. The smallest absolute Gasteiger partial charge is 0.254 e. The molecule has 21 heavy (non-hydrogen) atoms. The summed E-state index contributed by atoms with van der Waals surface area (Å²) in [5.41, 5.74) is 9.01. The van der Waals surface area contributed by atoms with Gasteiger partial charge in [0, 0.05) is 23.5 Å². The Bertz CT molecular complexity index is 623. The van der Waals surface area contributed by atoms with Crippen LogP contribution < -0.4 is 5.73 Å². The molecule has 0 atom stereocenters. The van der Waals surface area contributed by atoms with Gasteiger partial charge in [0.2, 0.25) is 0 Å². The molecule has 4 heteroatoms. The van der Waals surface area contributed by atoms with Gasteiger partial charge in [-0.05, 0) is 50.6 Å². The Morgan fingerprint density at radius 1 is 1.29 bits per heavy atom. The number of amides is 1. The summed E-state index contributed by atoms with van der Waals surface area (Å²) in [7, 11) is 0. The van der Waals surface area contributed by atoms with Crippen LogP contribution in [0, 0.1) is 6.92 Å². The van der Waals surface area contributed by atoms with Gasteiger partial charge in [-0.2, -0.15) is 0 Å². The van der Waals surface area contributed by atoms with Crippen molar-refractivity contribution in [1.29, 1.82) is 0 Å². The summed E-state index contributed by atoms with van der Waals surface area (Å²) < 4.78 is 0. The lowest BCUT2D eigenvalue weighted by atomic mass is 10.1. The lowest BCUT2D eigenvalue weighted by Gasteiger charge is -2.26. The van der Waals surface area contributed by atoms with Crippen molar-refractivity contribution in [3.05, 3.63) is 59.4 Å². The topological polar surface area (TPSA) is 59.2 Å². The molecule has 2 aromatic rings. The quantitative estimate of drug-likeness (QED) is 0.877. The highest BCUT2D eigenvalue weighted by molar-refractivity contribution is 5.95. The van der Waals surface area contributed by atoms with Crippen LogP contribution >= 0.6 is 0 Å². The summed E-state index contributed by atoms with van der Waals surface area (Å²) in [4.78, 5) is 18.8. The fraction of sp³-hybridized carbons (Fsp3) is 0.294. The molecule has 0 radical (unpaired) electrons. The van der Waals surface area contributed by atoms with E-state index in [0.29, 0.717) is 17.8 Å². The van der Waals surface area contributed by atoms with E-state index in [4.69, 9.17) is 5.73 Å². The number of nitrogen functional groups attached to an aromatic ring is 1. The number of rotatable bonds is 4. The second-order valence-corrected chi connectivity index (χ2v) is 5.42. The first-order chi connectivity index (χ1) is 9.99. The van der Waals surface area contributed by atoms with Crippen molar-refractivity contribution in [3.8, 4) is 0 Å². The van der Waals surface area contributed by atoms with Crippen molar-refractivity contribution in [2.24, 2.45) is 0 Å². The van der Waals surface area contributed by atoms with Crippen molar-refractivity contribution in [2.75, 3.05) is 5.73 Å². The van der Waals surface area contributed by atoms with Crippen LogP contribution in [-0.2, 0) is 6.54 Å². The van der Waals surface area contributed by atoms with Crippen LogP contribution in [0.2, 0.25) is 0 Å². The Balaban J connectivity index is 2.25. The molecular weight excluding hydrogens is 262 g/mol. The Kier molecular flexibility index (Phi) is 4.58. The molecular formula is C17H21N3O. The van der Waals surface area contributed by atoms with Gasteiger partial charge in [-0.1, -0.05) is 12.1 Å². The molecule has 1 aromatic heterocycles. The summed E-state index contributed by atoms with van der Waals surface area (Å²) in [6, 6.07) is 11.2. The maximum atomic E-state index is 12.7. The van der Waals surface area contributed by atoms with Gasteiger partial charge in [-0.3, -0.25) is 9.78 Å². The fourth-order valence-electron chi connectivity index (χ4n) is 2.09. The zero-order chi connectivity index (χ0) is 15.4. The zero-order valence-corrected chi connectivity index (χ0v) is 12.7. The van der Waals surface area contributed by atoms with E-state index in [1.165, 1.54) is 0 Å². The number of hydrogen-bond acceptors (Lipinski definition) is 3. The summed E-state index contributed by atoms with van der Waals surface area (Å²) in [5.74, 6) is -0.0256. The molecule has 4 nitrogen and oxygen atoms in total. The molecule has 110 valence electrons. The van der Waals surface area contributed by atoms with Crippen molar-refractivity contribution in [1.82, 2.24) is 9.88 Å². The molecule has 0 aliphatic carbocycles. The van der Waals surface area contributed by atoms with Crippen molar-refractivity contribution in [3.63, 3.8) is 0 Å². The molecule has 2 rings (SSSR count). The van der Waals surface area contributed by atoms with Gasteiger partial charge >= 0.3 is 0 Å². The highest BCUT2D eigenvalue weighted by atomic mass is 16.2. The molecule has 0 bridgehead atoms. The first-order valence-corrected chi connectivity index (χ1v) is 7.06. The minimum atomic E-state index is -0.0256. The van der Waals surface area contributed by atoms with E-state index in [1.54, 1.807) is 17.2 Å². The largest absolute Gasteiger partial charge is 0.398 e. The Morgan fingerprint density at radius 2 is 2.05 bits per heavy atom. The van der Waals surface area contributed by atoms with Crippen molar-refractivity contribution < 1.29 is 4.79 Å². The van der Waals surface area contributed by atoms with Crippen LogP contribution in [0.5, 0.6) is 0 Å². The summed E-state index contributed by atoms with van der Waals surface area (Å²) >= 11 is 0. The van der Waals surface area contributed by atoms with Crippen LogP contribution in [0.25, 0.3) is 0 Å². The SMILES string of the molecule is Cc1ccc(C(=O)N(Cc2ccccn2)C(C)C)cc1N. The average Bonchev–Trinajstić information content (AvgIpc) is 2.47. The highest BCUT2D eigenvalue weighted by Crippen LogP contribution is 2.17. The van der Waals surface area contributed by atoms with Gasteiger partial charge < -0.3 is 10.6 Å². The van der Waals surface area contributed by atoms with E-state index in [-0.39, 0.29) is 11.9 Å². The molecule has 0 spiro atoms. The summed E-state index contributed by atoms with van der Waals surface area (Å²) in [6.07, 6.45) is 1.74. The lowest BCUT2D eigenvalue weighted by Crippen LogP contribution is -2.36. The van der Waals surface area contributed by atoms with Crippen LogP contribution in [0.3, 0.4) is 0 Å². The highest BCUT2D eigenvalue weighted by Gasteiger charge is 2.19. The molecule has 0 saturated carbocycles. The van der Waals surface area contributed by atoms with Gasteiger partial charge in [0.1, 0.15) is 0 Å². The third-order valence-corrected chi connectivity index (χ3v) is 3.47. The van der Waals surface area contributed by atoms with Crippen LogP contribution in [0.4, 0.5) is 5.69 Å². The molecule has 2 N–H and O–H groups in total. The standard InChI is InChI=1S/C17H21N3O/c1-12(2)20(11-15-6-4-5-9-19-15)17(21)14-8-7-13(3)16(18)10-14/h4-10,12H,11,18H2,1-3H3. The number of carbonyl (C=O) groups excluding carboxylic acids is 1. The molecule has 0 fully saturated rings. The Hall–Kier alpha value is -2.36. The number of benzene rings is 1. The van der Waals surface area contributed by atoms with Crippen LogP contribution in [0.1, 0.15) is 35.5 Å². The number of nitrogens with zero attached hydrogens (tertiary/aromatic N) is 2. The van der Waals surface area contributed by atoms with E-state index in [1.807, 2.05) is 51.1 Å². The predicted octanol–water partition coefficient (Wildman–Crippen LogP) is 3.02. The molecule has 0 unspecified atom stereocenters. The lowest BCUT2D eigenvalue weighted by molar-refractivity contribution is 0.0688. The molecule has 1 amide bonds. The number of anilines is 1. The maximum absolute atomic E-state index is 12.7. The summed E-state index contributed by atoms with van der Waals surface area (Å²) in [6.45, 7) is 6.42. The fourth-order valence-corrected chi connectivity index (χ4v) is 2.09. The third-order valence-electron chi connectivity index (χ3n) is 3.47. The van der Waals surface area contributed by atoms with Gasteiger partial charge in [0.05, 0.1) is 12.2 Å². The van der Waals surface area contributed by atoms with E-state index >= 15 is 0 Å². The van der Waals surface area contributed by atoms with Gasteiger partial charge in [0.25, 0.3) is 5.91 Å². The second kappa shape index (κ2) is 6.39. The molecule has 0 aliphatic rings. The first kappa shape index (κ1) is 15.0. The van der Waals surface area contributed by atoms with Gasteiger partial charge in [-0.25, -0.2) is 0 Å². The number of pyridine rings is 1. The molecule has 0 aliphatic heterocycles. The van der Waals surface area contributed by atoms with Gasteiger partial charge in [-0.15, -0.1) is 0 Å². The van der Waals surface area contributed by atoms with Crippen molar-refractivity contribution >= 4 is 11.6 Å². The number of nitrogens with two attached hydrogens (primary N) is 1. The Morgan fingerprint density at radius 3 is 2.62 bits per heavy atom. The number of carbonyl (C=O) groups is 1. The van der Waals surface area contributed by atoms with Gasteiger partial charge in [0.15, 0.2) is 0 Å². The van der Waals surface area contributed by atoms with E-state index in [2.05, 4.69) is 4.98 Å². The van der Waals surface area contributed by atoms with E-state index in [0.717, 1.165) is 11.3 Å². The molecule has 1 aromatic carbocycles. The number of hydrogen-bond donors (Lipinski definition) is 1. The van der Waals surface area contributed by atoms with Crippen LogP contribution in [-0.4, -0.2) is 21.8 Å². The van der Waals surface area contributed by atoms with E-state index in [9.17, 15) is 4.79 Å².